The van der Waals surface area contributed by atoms with E-state index in [-0.39, 0.29) is 21.7 Å². The summed E-state index contributed by atoms with van der Waals surface area (Å²) in [5, 5.41) is 0.482. The Hall–Kier alpha value is -1.57. The standard InChI is InChI=1S/C11H10Cl2N4O2S/c1-6-4-10(13)16-11(15-6)17-20(18,19)9-3-2-7(12)5-8(9)14/h2-5H,14H2,1H3,(H,15,16,17). The molecule has 0 saturated heterocycles. The van der Waals surface area contributed by atoms with Crippen LogP contribution in [0.3, 0.4) is 0 Å². The van der Waals surface area contributed by atoms with Crippen molar-refractivity contribution in [2.24, 2.45) is 0 Å². The van der Waals surface area contributed by atoms with Gasteiger partial charge in [-0.1, -0.05) is 23.2 Å². The second-order valence-electron chi connectivity index (χ2n) is 3.94. The molecular formula is C11H10Cl2N4O2S. The van der Waals surface area contributed by atoms with Gasteiger partial charge in [-0.05, 0) is 31.2 Å². The van der Waals surface area contributed by atoms with Crippen molar-refractivity contribution >= 4 is 44.9 Å². The van der Waals surface area contributed by atoms with E-state index in [1.807, 2.05) is 0 Å². The summed E-state index contributed by atoms with van der Waals surface area (Å²) < 4.78 is 26.6. The molecule has 0 unspecified atom stereocenters. The third kappa shape index (κ3) is 3.30. The number of nitrogen functional groups attached to an aromatic ring is 1. The molecular weight excluding hydrogens is 323 g/mol. The summed E-state index contributed by atoms with van der Waals surface area (Å²) in [6.45, 7) is 1.67. The topological polar surface area (TPSA) is 98.0 Å². The van der Waals surface area contributed by atoms with Gasteiger partial charge in [-0.2, -0.15) is 0 Å². The highest BCUT2D eigenvalue weighted by Crippen LogP contribution is 2.24. The van der Waals surface area contributed by atoms with Gasteiger partial charge in [0.15, 0.2) is 0 Å². The highest BCUT2D eigenvalue weighted by Gasteiger charge is 2.19. The summed E-state index contributed by atoms with van der Waals surface area (Å²) in [6.07, 6.45) is 0. The number of benzene rings is 1. The fourth-order valence-corrected chi connectivity index (χ4v) is 2.99. The van der Waals surface area contributed by atoms with E-state index in [1.165, 1.54) is 24.3 Å². The van der Waals surface area contributed by atoms with E-state index in [9.17, 15) is 8.42 Å². The minimum absolute atomic E-state index is 0.0313. The summed E-state index contributed by atoms with van der Waals surface area (Å²) in [5.41, 5.74) is 6.22. The first-order valence-electron chi connectivity index (χ1n) is 5.37. The molecule has 1 heterocycles. The molecule has 9 heteroatoms. The lowest BCUT2D eigenvalue weighted by Gasteiger charge is -2.09. The Morgan fingerprint density at radius 3 is 2.50 bits per heavy atom. The average molecular weight is 333 g/mol. The first-order valence-corrected chi connectivity index (χ1v) is 7.61. The van der Waals surface area contributed by atoms with E-state index in [1.54, 1.807) is 6.92 Å². The first kappa shape index (κ1) is 14.8. The molecule has 106 valence electrons. The van der Waals surface area contributed by atoms with Gasteiger partial charge in [-0.15, -0.1) is 0 Å². The van der Waals surface area contributed by atoms with Crippen molar-refractivity contribution in [3.63, 3.8) is 0 Å². The van der Waals surface area contributed by atoms with E-state index >= 15 is 0 Å². The number of halogens is 2. The maximum Gasteiger partial charge on any atom is 0.266 e. The van der Waals surface area contributed by atoms with Crippen LogP contribution >= 0.6 is 23.2 Å². The number of nitrogens with one attached hydrogen (secondary N) is 1. The van der Waals surface area contributed by atoms with Gasteiger partial charge >= 0.3 is 0 Å². The summed E-state index contributed by atoms with van der Waals surface area (Å²) >= 11 is 11.5. The number of aromatic nitrogens is 2. The summed E-state index contributed by atoms with van der Waals surface area (Å²) in [5.74, 6) is -0.121. The largest absolute Gasteiger partial charge is 0.398 e. The molecule has 20 heavy (non-hydrogen) atoms. The molecule has 3 N–H and O–H groups in total. The molecule has 0 atom stereocenters. The second-order valence-corrected chi connectivity index (χ2v) is 6.42. The number of nitrogens with zero attached hydrogens (tertiary/aromatic N) is 2. The van der Waals surface area contributed by atoms with Gasteiger partial charge in [-0.3, -0.25) is 0 Å². The molecule has 0 bridgehead atoms. The van der Waals surface area contributed by atoms with Crippen LogP contribution < -0.4 is 10.5 Å². The lowest BCUT2D eigenvalue weighted by molar-refractivity contribution is 0.601. The number of nitrogens with two attached hydrogens (primary N) is 1. The molecule has 1 aromatic heterocycles. The van der Waals surface area contributed by atoms with Crippen LogP contribution in [0, 0.1) is 6.92 Å². The molecule has 0 radical (unpaired) electrons. The van der Waals surface area contributed by atoms with Crippen LogP contribution in [0.4, 0.5) is 11.6 Å². The Kier molecular flexibility index (Phi) is 4.03. The van der Waals surface area contributed by atoms with Crippen LogP contribution in [-0.2, 0) is 10.0 Å². The number of hydrogen-bond acceptors (Lipinski definition) is 5. The average Bonchev–Trinajstić information content (AvgIpc) is 2.25. The minimum Gasteiger partial charge on any atom is -0.398 e. The molecule has 2 aromatic rings. The van der Waals surface area contributed by atoms with Crippen molar-refractivity contribution in [1.82, 2.24) is 9.97 Å². The van der Waals surface area contributed by atoms with Gasteiger partial charge < -0.3 is 5.73 Å². The molecule has 1 aromatic carbocycles. The monoisotopic (exact) mass is 332 g/mol. The number of sulfonamides is 1. The van der Waals surface area contributed by atoms with Gasteiger partial charge in [-0.25, -0.2) is 23.1 Å². The Labute approximate surface area is 126 Å². The van der Waals surface area contributed by atoms with Crippen molar-refractivity contribution in [3.8, 4) is 0 Å². The predicted octanol–water partition coefficient (Wildman–Crippen LogP) is 2.47. The normalized spacial score (nSPS) is 11.3. The Balaban J connectivity index is 2.40. The molecule has 0 amide bonds. The zero-order chi connectivity index (χ0) is 14.9. The molecule has 6 nitrogen and oxygen atoms in total. The summed E-state index contributed by atoms with van der Waals surface area (Å²) in [4.78, 5) is 7.62. The number of rotatable bonds is 3. The summed E-state index contributed by atoms with van der Waals surface area (Å²) in [7, 11) is -3.91. The lowest BCUT2D eigenvalue weighted by atomic mass is 10.3. The van der Waals surface area contributed by atoms with Crippen molar-refractivity contribution in [1.29, 1.82) is 0 Å². The van der Waals surface area contributed by atoms with E-state index in [4.69, 9.17) is 28.9 Å². The van der Waals surface area contributed by atoms with Crippen molar-refractivity contribution < 1.29 is 8.42 Å². The highest BCUT2D eigenvalue weighted by atomic mass is 35.5. The maximum atomic E-state index is 12.2. The van der Waals surface area contributed by atoms with Crippen molar-refractivity contribution in [2.75, 3.05) is 10.5 Å². The maximum absolute atomic E-state index is 12.2. The zero-order valence-electron chi connectivity index (χ0n) is 10.3. The molecule has 0 saturated carbocycles. The van der Waals surface area contributed by atoms with Gasteiger partial charge in [0.05, 0.1) is 5.69 Å². The Morgan fingerprint density at radius 1 is 1.20 bits per heavy atom. The van der Waals surface area contributed by atoms with Crippen LogP contribution in [0.2, 0.25) is 10.2 Å². The van der Waals surface area contributed by atoms with Crippen LogP contribution in [-0.4, -0.2) is 18.4 Å². The predicted molar refractivity (Wildman–Crippen MR) is 78.5 cm³/mol. The molecule has 0 spiro atoms. The Bertz CT molecular complexity index is 745. The van der Waals surface area contributed by atoms with Crippen LogP contribution in [0.5, 0.6) is 0 Å². The van der Waals surface area contributed by atoms with E-state index in [2.05, 4.69) is 14.7 Å². The SMILES string of the molecule is Cc1cc(Cl)nc(NS(=O)(=O)c2ccc(Cl)cc2N)n1. The smallest absolute Gasteiger partial charge is 0.266 e. The van der Waals surface area contributed by atoms with Crippen LogP contribution in [0.15, 0.2) is 29.2 Å². The highest BCUT2D eigenvalue weighted by molar-refractivity contribution is 7.92. The molecule has 0 aliphatic rings. The first-order chi connectivity index (χ1) is 9.28. The van der Waals surface area contributed by atoms with Crippen LogP contribution in [0.25, 0.3) is 0 Å². The minimum atomic E-state index is -3.91. The van der Waals surface area contributed by atoms with Crippen molar-refractivity contribution in [3.05, 3.63) is 40.1 Å². The number of aryl methyl sites for hydroxylation is 1. The van der Waals surface area contributed by atoms with Crippen LogP contribution in [0.1, 0.15) is 5.69 Å². The van der Waals surface area contributed by atoms with Gasteiger partial charge in [0.25, 0.3) is 10.0 Å². The zero-order valence-corrected chi connectivity index (χ0v) is 12.6. The molecule has 0 aliphatic carbocycles. The number of hydrogen-bond donors (Lipinski definition) is 2. The van der Waals surface area contributed by atoms with Gasteiger partial charge in [0.2, 0.25) is 5.95 Å². The van der Waals surface area contributed by atoms with E-state index < -0.39 is 10.0 Å². The quantitative estimate of drug-likeness (QED) is 0.664. The van der Waals surface area contributed by atoms with E-state index in [0.717, 1.165) is 0 Å². The Morgan fingerprint density at radius 2 is 1.90 bits per heavy atom. The third-order valence-electron chi connectivity index (χ3n) is 2.31. The van der Waals surface area contributed by atoms with Gasteiger partial charge in [0, 0.05) is 10.7 Å². The van der Waals surface area contributed by atoms with Gasteiger partial charge in [0.1, 0.15) is 10.0 Å². The fraction of sp³-hybridized carbons (Fsp3) is 0.0909. The lowest BCUT2D eigenvalue weighted by Crippen LogP contribution is -2.16. The fourth-order valence-electron chi connectivity index (χ4n) is 1.51. The molecule has 0 aliphatic heterocycles. The molecule has 0 fully saturated rings. The molecule has 2 rings (SSSR count). The second kappa shape index (κ2) is 5.43. The van der Waals surface area contributed by atoms with E-state index in [0.29, 0.717) is 10.7 Å². The van der Waals surface area contributed by atoms with Crippen molar-refractivity contribution in [2.45, 2.75) is 11.8 Å². The third-order valence-corrected chi connectivity index (χ3v) is 4.14. The summed E-state index contributed by atoms with van der Waals surface area (Å²) in [6, 6.07) is 5.59. The number of anilines is 2.